The van der Waals surface area contributed by atoms with Crippen LogP contribution in [0.3, 0.4) is 0 Å². The van der Waals surface area contributed by atoms with Crippen LogP contribution < -0.4 is 0 Å². The molecule has 0 aliphatic carbocycles. The summed E-state index contributed by atoms with van der Waals surface area (Å²) in [6.45, 7) is 2.64. The monoisotopic (exact) mass is 991 g/mol. The quantitative estimate of drug-likeness (QED) is 0.0223. The van der Waals surface area contributed by atoms with Gasteiger partial charge in [-0.3, -0.25) is 9.59 Å². The van der Waals surface area contributed by atoms with Gasteiger partial charge in [-0.15, -0.1) is 0 Å². The normalized spacial score (nSPS) is 25.5. The highest BCUT2D eigenvalue weighted by atomic mass is 16.7. The summed E-state index contributed by atoms with van der Waals surface area (Å²) in [5, 5.41) is 72.2. The smallest absolute Gasteiger partial charge is 0.306 e. The number of ether oxygens (including phenoxy) is 6. The summed E-state index contributed by atoms with van der Waals surface area (Å²) < 4.78 is 33.7. The molecule has 15 heteroatoms. The zero-order chi connectivity index (χ0) is 50.3. The molecule has 0 spiro atoms. The summed E-state index contributed by atoms with van der Waals surface area (Å²) in [6, 6.07) is 0. The van der Waals surface area contributed by atoms with Crippen LogP contribution in [0.5, 0.6) is 0 Å². The van der Waals surface area contributed by atoms with Gasteiger partial charge < -0.3 is 64.2 Å². The van der Waals surface area contributed by atoms with Gasteiger partial charge in [0.25, 0.3) is 0 Å². The van der Waals surface area contributed by atoms with Crippen molar-refractivity contribution in [1.29, 1.82) is 0 Å². The first-order chi connectivity index (χ1) is 33.5. The number of aliphatic hydroxyl groups is 7. The Morgan fingerprint density at radius 1 is 0.406 bits per heavy atom. The number of carbonyl (C=O) groups excluding carboxylic acids is 2. The lowest BCUT2D eigenvalue weighted by Gasteiger charge is -2.42. The Balaban J connectivity index is 1.76. The summed E-state index contributed by atoms with van der Waals surface area (Å²) in [7, 11) is 0. The lowest BCUT2D eigenvalue weighted by Crippen LogP contribution is -2.61. The number of unbranched alkanes of at least 4 members (excludes halogenated alkanes) is 31. The molecule has 0 radical (unpaired) electrons. The van der Waals surface area contributed by atoms with Gasteiger partial charge in [-0.25, -0.2) is 0 Å². The number of rotatable bonds is 45. The van der Waals surface area contributed by atoms with Crippen molar-refractivity contribution in [2.24, 2.45) is 0 Å². The molecule has 4 unspecified atom stereocenters. The molecule has 7 N–H and O–H groups in total. The molecular weight excluding hydrogens is 889 g/mol. The van der Waals surface area contributed by atoms with E-state index in [1.165, 1.54) is 161 Å². The van der Waals surface area contributed by atoms with E-state index in [1.54, 1.807) is 0 Å². The molecule has 2 fully saturated rings. The van der Waals surface area contributed by atoms with Crippen LogP contribution in [-0.2, 0) is 38.0 Å². The second-order valence-corrected chi connectivity index (χ2v) is 20.1. The van der Waals surface area contributed by atoms with Gasteiger partial charge in [-0.2, -0.15) is 0 Å². The minimum absolute atomic E-state index is 0.173. The number of carbonyl (C=O) groups is 2. The first kappa shape index (κ1) is 63.6. The molecule has 2 aliphatic rings. The van der Waals surface area contributed by atoms with E-state index in [0.29, 0.717) is 12.8 Å². The molecule has 2 heterocycles. The maximum absolute atomic E-state index is 13.0. The number of hydrogen-bond acceptors (Lipinski definition) is 15. The molecule has 2 aliphatic heterocycles. The first-order valence-corrected chi connectivity index (χ1v) is 28.1. The maximum atomic E-state index is 13.0. The number of hydrogen-bond donors (Lipinski definition) is 7. The Morgan fingerprint density at radius 2 is 0.739 bits per heavy atom. The van der Waals surface area contributed by atoms with Crippen molar-refractivity contribution in [3.05, 3.63) is 0 Å². The number of esters is 2. The topological polar surface area (TPSA) is 231 Å². The van der Waals surface area contributed by atoms with Crippen LogP contribution in [-0.4, -0.2) is 142 Å². The Kier molecular flexibility index (Phi) is 38.6. The van der Waals surface area contributed by atoms with Crippen molar-refractivity contribution in [1.82, 2.24) is 0 Å². The highest BCUT2D eigenvalue weighted by Crippen LogP contribution is 2.27. The van der Waals surface area contributed by atoms with Crippen molar-refractivity contribution in [3.63, 3.8) is 0 Å². The zero-order valence-corrected chi connectivity index (χ0v) is 43.3. The molecule has 15 nitrogen and oxygen atoms in total. The standard InChI is InChI=1S/C54H102O15/c1-3-5-7-9-11-13-15-17-19-20-21-23-24-26-28-30-32-34-36-45(56)64-39-42(67-46(57)37-35-33-31-29-27-25-22-18-16-14-12-10-8-6-4-2)40-65-53-52(63)50(61)48(59)44(69-53)41-66-54-51(62)49(60)47(58)43(38-55)68-54/h42-44,47-55,58-63H,3-41H2,1-2H3/t42-,43+,44+,47-,48-,49?,50?,51?,52?,53+,54+/m0/s1. The summed E-state index contributed by atoms with van der Waals surface area (Å²) >= 11 is 0. The average Bonchev–Trinajstić information content (AvgIpc) is 3.34. The highest BCUT2D eigenvalue weighted by Gasteiger charge is 2.47. The van der Waals surface area contributed by atoms with Gasteiger partial charge in [0.1, 0.15) is 55.4 Å². The van der Waals surface area contributed by atoms with Crippen molar-refractivity contribution in [3.8, 4) is 0 Å². The van der Waals surface area contributed by atoms with Crippen LogP contribution in [0.2, 0.25) is 0 Å². The summed E-state index contributed by atoms with van der Waals surface area (Å²) in [4.78, 5) is 25.8. The minimum Gasteiger partial charge on any atom is -0.462 e. The van der Waals surface area contributed by atoms with Crippen molar-refractivity contribution in [2.45, 2.75) is 306 Å². The van der Waals surface area contributed by atoms with Gasteiger partial charge >= 0.3 is 11.9 Å². The lowest BCUT2D eigenvalue weighted by atomic mass is 9.98. The Hall–Kier alpha value is -1.50. The van der Waals surface area contributed by atoms with Gasteiger partial charge in [0.05, 0.1) is 19.8 Å². The van der Waals surface area contributed by atoms with E-state index in [0.717, 1.165) is 38.5 Å². The summed E-state index contributed by atoms with van der Waals surface area (Å²) in [5.74, 6) is -0.905. The second kappa shape index (κ2) is 41.9. The predicted molar refractivity (Wildman–Crippen MR) is 266 cm³/mol. The summed E-state index contributed by atoms with van der Waals surface area (Å²) in [5.41, 5.74) is 0. The number of aliphatic hydroxyl groups excluding tert-OH is 7. The highest BCUT2D eigenvalue weighted by molar-refractivity contribution is 5.70. The van der Waals surface area contributed by atoms with Crippen LogP contribution in [0.25, 0.3) is 0 Å². The fourth-order valence-electron chi connectivity index (χ4n) is 9.22. The van der Waals surface area contributed by atoms with Gasteiger partial charge in [-0.1, -0.05) is 213 Å². The maximum Gasteiger partial charge on any atom is 0.306 e. The van der Waals surface area contributed by atoms with Crippen LogP contribution in [0.4, 0.5) is 0 Å². The predicted octanol–water partition coefficient (Wildman–Crippen LogP) is 8.78. The van der Waals surface area contributed by atoms with Gasteiger partial charge in [0, 0.05) is 12.8 Å². The van der Waals surface area contributed by atoms with Crippen molar-refractivity contribution in [2.75, 3.05) is 26.4 Å². The molecule has 0 amide bonds. The molecule has 0 aromatic heterocycles. The molecule has 11 atom stereocenters. The van der Waals surface area contributed by atoms with E-state index < -0.39 is 92.7 Å². The molecule has 0 aromatic carbocycles. The first-order valence-electron chi connectivity index (χ1n) is 28.1. The van der Waals surface area contributed by atoms with E-state index in [4.69, 9.17) is 28.4 Å². The Labute approximate surface area is 417 Å². The van der Waals surface area contributed by atoms with E-state index >= 15 is 0 Å². The lowest BCUT2D eigenvalue weighted by molar-refractivity contribution is -0.332. The van der Waals surface area contributed by atoms with Crippen LogP contribution in [0, 0.1) is 0 Å². The van der Waals surface area contributed by atoms with Gasteiger partial charge in [0.2, 0.25) is 0 Å². The van der Waals surface area contributed by atoms with Crippen LogP contribution in [0.15, 0.2) is 0 Å². The van der Waals surface area contributed by atoms with Gasteiger partial charge in [0.15, 0.2) is 18.7 Å². The van der Waals surface area contributed by atoms with E-state index in [1.807, 2.05) is 0 Å². The second-order valence-electron chi connectivity index (χ2n) is 20.1. The summed E-state index contributed by atoms with van der Waals surface area (Å²) in [6.07, 6.45) is 24.1. The molecule has 2 saturated heterocycles. The van der Waals surface area contributed by atoms with E-state index in [-0.39, 0.29) is 26.1 Å². The van der Waals surface area contributed by atoms with Crippen molar-refractivity contribution >= 4 is 11.9 Å². The largest absolute Gasteiger partial charge is 0.462 e. The van der Waals surface area contributed by atoms with E-state index in [2.05, 4.69) is 13.8 Å². The fraction of sp³-hybridized carbons (Fsp3) is 0.963. The SMILES string of the molecule is CCCCCCCCCCCCCCCCCCCCC(=O)OC[C@@H](CO[C@@H]1O[C@H](CO[C@@H]2O[C@H](CO)[C@H](O)C(O)C2O)[C@H](O)C(O)C1O)OC(=O)CCCCCCCCCCCCCCCCC. The van der Waals surface area contributed by atoms with E-state index in [9.17, 15) is 45.3 Å². The fourth-order valence-corrected chi connectivity index (χ4v) is 9.22. The third kappa shape index (κ3) is 29.7. The minimum atomic E-state index is -1.76. The van der Waals surface area contributed by atoms with Crippen molar-refractivity contribution < 1.29 is 73.8 Å². The third-order valence-electron chi connectivity index (χ3n) is 13.8. The average molecular weight is 991 g/mol. The zero-order valence-electron chi connectivity index (χ0n) is 43.3. The molecule has 2 rings (SSSR count). The molecule has 0 aromatic rings. The van der Waals surface area contributed by atoms with Crippen LogP contribution >= 0.6 is 0 Å². The Morgan fingerprint density at radius 3 is 1.13 bits per heavy atom. The molecule has 408 valence electrons. The third-order valence-corrected chi connectivity index (χ3v) is 13.8. The molecule has 0 bridgehead atoms. The van der Waals surface area contributed by atoms with Gasteiger partial charge in [-0.05, 0) is 12.8 Å². The molecular formula is C54H102O15. The van der Waals surface area contributed by atoms with Crippen LogP contribution in [0.1, 0.15) is 239 Å². The Bertz CT molecular complexity index is 1210. The molecule has 0 saturated carbocycles. The molecule has 69 heavy (non-hydrogen) atoms.